The Balaban J connectivity index is 3.35. The maximum absolute atomic E-state index is 12.9. The zero-order valence-corrected chi connectivity index (χ0v) is 14.5. The van der Waals surface area contributed by atoms with E-state index in [1.807, 2.05) is 13.8 Å². The Labute approximate surface area is 132 Å². The first-order valence-electron chi connectivity index (χ1n) is 6.82. The summed E-state index contributed by atoms with van der Waals surface area (Å²) in [4.78, 5) is 0.156. The van der Waals surface area contributed by atoms with Gasteiger partial charge in [0.15, 0.2) is 0 Å². The number of sulfonamides is 1. The Bertz CT molecular complexity index is 590. The number of hydrogen-bond acceptors (Lipinski definition) is 4. The molecule has 0 saturated heterocycles. The highest BCUT2D eigenvalue weighted by molar-refractivity contribution is 7.89. The molecule has 1 unspecified atom stereocenters. The molecule has 7 heteroatoms. The van der Waals surface area contributed by atoms with Gasteiger partial charge in [0.1, 0.15) is 0 Å². The monoisotopic (exact) mass is 334 g/mol. The second-order valence-electron chi connectivity index (χ2n) is 4.98. The first kappa shape index (κ1) is 18.2. The molecule has 1 aromatic rings. The van der Waals surface area contributed by atoms with Crippen molar-refractivity contribution in [1.29, 1.82) is 0 Å². The Morgan fingerprint density at radius 1 is 1.43 bits per heavy atom. The summed E-state index contributed by atoms with van der Waals surface area (Å²) in [5.41, 5.74) is 6.73. The fraction of sp³-hybridized carbons (Fsp3) is 0.571. The van der Waals surface area contributed by atoms with Crippen LogP contribution < -0.4 is 5.73 Å². The van der Waals surface area contributed by atoms with E-state index < -0.39 is 10.0 Å². The average molecular weight is 335 g/mol. The van der Waals surface area contributed by atoms with Gasteiger partial charge < -0.3 is 10.5 Å². The number of nitrogens with zero attached hydrogens (tertiary/aromatic N) is 1. The molecule has 0 aliphatic heterocycles. The van der Waals surface area contributed by atoms with E-state index in [4.69, 9.17) is 22.1 Å². The molecule has 2 N–H and O–H groups in total. The molecular formula is C14H23ClN2O3S. The van der Waals surface area contributed by atoms with E-state index in [0.717, 1.165) is 0 Å². The zero-order chi connectivity index (χ0) is 16.2. The normalized spacial score (nSPS) is 13.6. The molecule has 0 bridgehead atoms. The molecule has 0 spiro atoms. The second kappa shape index (κ2) is 7.45. The number of halogens is 1. The summed E-state index contributed by atoms with van der Waals surface area (Å²) in [6.07, 6.45) is 0.706. The fourth-order valence-corrected chi connectivity index (χ4v) is 4.29. The van der Waals surface area contributed by atoms with Crippen LogP contribution in [0, 0.1) is 6.92 Å². The Morgan fingerprint density at radius 2 is 2.05 bits per heavy atom. The van der Waals surface area contributed by atoms with Crippen LogP contribution in [0.1, 0.15) is 25.8 Å². The molecule has 120 valence electrons. The van der Waals surface area contributed by atoms with E-state index in [9.17, 15) is 8.42 Å². The predicted molar refractivity (Wildman–Crippen MR) is 86.1 cm³/mol. The molecule has 5 nitrogen and oxygen atoms in total. The van der Waals surface area contributed by atoms with Gasteiger partial charge in [0.2, 0.25) is 10.0 Å². The average Bonchev–Trinajstić information content (AvgIpc) is 2.42. The van der Waals surface area contributed by atoms with Crippen LogP contribution in [0.3, 0.4) is 0 Å². The number of rotatable bonds is 7. The molecule has 1 atom stereocenters. The van der Waals surface area contributed by atoms with Crippen molar-refractivity contribution < 1.29 is 13.2 Å². The van der Waals surface area contributed by atoms with Crippen LogP contribution in [0.2, 0.25) is 5.02 Å². The molecular weight excluding hydrogens is 312 g/mol. The van der Waals surface area contributed by atoms with Crippen LogP contribution in [0.5, 0.6) is 0 Å². The smallest absolute Gasteiger partial charge is 0.243 e. The van der Waals surface area contributed by atoms with E-state index in [-0.39, 0.29) is 10.9 Å². The number of anilines is 1. The summed E-state index contributed by atoms with van der Waals surface area (Å²) >= 11 is 5.96. The Kier molecular flexibility index (Phi) is 6.46. The number of nitrogens with two attached hydrogens (primary N) is 1. The first-order valence-corrected chi connectivity index (χ1v) is 8.63. The fourth-order valence-electron chi connectivity index (χ4n) is 2.03. The summed E-state index contributed by atoms with van der Waals surface area (Å²) < 4.78 is 32.3. The van der Waals surface area contributed by atoms with Crippen molar-refractivity contribution in [3.63, 3.8) is 0 Å². The SMILES string of the molecule is CCC(C)N(CCOC)S(=O)(=O)c1cc(Cl)cc(N)c1C. The standard InChI is InChI=1S/C14H23ClN2O3S/c1-5-10(2)17(6-7-20-4)21(18,19)14-9-12(15)8-13(16)11(14)3/h8-10H,5-7,16H2,1-4H3. The first-order chi connectivity index (χ1) is 9.75. The van der Waals surface area contributed by atoms with Crippen molar-refractivity contribution >= 4 is 27.3 Å². The molecule has 1 rings (SSSR count). The largest absolute Gasteiger partial charge is 0.398 e. The van der Waals surface area contributed by atoms with E-state index in [0.29, 0.717) is 35.8 Å². The molecule has 0 amide bonds. The van der Waals surface area contributed by atoms with Gasteiger partial charge in [0.05, 0.1) is 11.5 Å². The van der Waals surface area contributed by atoms with E-state index in [1.54, 1.807) is 20.1 Å². The van der Waals surface area contributed by atoms with Gasteiger partial charge >= 0.3 is 0 Å². The lowest BCUT2D eigenvalue weighted by Crippen LogP contribution is -2.40. The van der Waals surface area contributed by atoms with Crippen molar-refractivity contribution in [2.45, 2.75) is 38.1 Å². The molecule has 0 radical (unpaired) electrons. The minimum atomic E-state index is -3.67. The molecule has 0 aromatic heterocycles. The van der Waals surface area contributed by atoms with Gasteiger partial charge in [-0.1, -0.05) is 18.5 Å². The van der Waals surface area contributed by atoms with Crippen LogP contribution in [-0.4, -0.2) is 39.0 Å². The third-order valence-corrected chi connectivity index (χ3v) is 5.91. The highest BCUT2D eigenvalue weighted by Gasteiger charge is 2.30. The summed E-state index contributed by atoms with van der Waals surface area (Å²) in [5.74, 6) is 0. The lowest BCUT2D eigenvalue weighted by atomic mass is 10.2. The van der Waals surface area contributed by atoms with Gasteiger partial charge in [0, 0.05) is 30.4 Å². The van der Waals surface area contributed by atoms with Gasteiger partial charge in [-0.05, 0) is 38.0 Å². The summed E-state index contributed by atoms with van der Waals surface area (Å²) in [5, 5.41) is 0.313. The van der Waals surface area contributed by atoms with Gasteiger partial charge in [0.25, 0.3) is 0 Å². The maximum atomic E-state index is 12.9. The van der Waals surface area contributed by atoms with E-state index in [2.05, 4.69) is 0 Å². The Morgan fingerprint density at radius 3 is 2.57 bits per heavy atom. The van der Waals surface area contributed by atoms with Crippen molar-refractivity contribution in [2.24, 2.45) is 0 Å². The van der Waals surface area contributed by atoms with Crippen molar-refractivity contribution in [2.75, 3.05) is 26.0 Å². The van der Waals surface area contributed by atoms with Gasteiger partial charge in [-0.3, -0.25) is 0 Å². The van der Waals surface area contributed by atoms with Crippen molar-refractivity contribution in [3.05, 3.63) is 22.7 Å². The number of ether oxygens (including phenoxy) is 1. The van der Waals surface area contributed by atoms with Crippen LogP contribution in [-0.2, 0) is 14.8 Å². The number of methoxy groups -OCH3 is 1. The number of hydrogen-bond donors (Lipinski definition) is 1. The molecule has 0 heterocycles. The summed E-state index contributed by atoms with van der Waals surface area (Å²) in [6, 6.07) is 2.87. The van der Waals surface area contributed by atoms with Crippen LogP contribution in [0.15, 0.2) is 17.0 Å². The molecule has 21 heavy (non-hydrogen) atoms. The highest BCUT2D eigenvalue weighted by Crippen LogP contribution is 2.29. The predicted octanol–water partition coefficient (Wildman–Crippen LogP) is 2.67. The van der Waals surface area contributed by atoms with Gasteiger partial charge in [-0.15, -0.1) is 0 Å². The van der Waals surface area contributed by atoms with E-state index >= 15 is 0 Å². The van der Waals surface area contributed by atoms with Crippen LogP contribution in [0.25, 0.3) is 0 Å². The summed E-state index contributed by atoms with van der Waals surface area (Å²) in [7, 11) is -2.13. The van der Waals surface area contributed by atoms with Gasteiger partial charge in [-0.25, -0.2) is 8.42 Å². The third-order valence-electron chi connectivity index (χ3n) is 3.55. The molecule has 0 fully saturated rings. The quantitative estimate of drug-likeness (QED) is 0.778. The molecule has 0 saturated carbocycles. The van der Waals surface area contributed by atoms with E-state index in [1.165, 1.54) is 10.4 Å². The second-order valence-corrected chi connectivity index (χ2v) is 7.28. The zero-order valence-electron chi connectivity index (χ0n) is 12.9. The third kappa shape index (κ3) is 4.10. The molecule has 1 aromatic carbocycles. The summed E-state index contributed by atoms with van der Waals surface area (Å²) in [6.45, 7) is 6.12. The van der Waals surface area contributed by atoms with Crippen molar-refractivity contribution in [1.82, 2.24) is 4.31 Å². The van der Waals surface area contributed by atoms with Crippen molar-refractivity contribution in [3.8, 4) is 0 Å². The highest BCUT2D eigenvalue weighted by atomic mass is 35.5. The van der Waals surface area contributed by atoms with Gasteiger partial charge in [-0.2, -0.15) is 4.31 Å². The minimum Gasteiger partial charge on any atom is -0.398 e. The van der Waals surface area contributed by atoms with Crippen LogP contribution in [0.4, 0.5) is 5.69 Å². The lowest BCUT2D eigenvalue weighted by molar-refractivity contribution is 0.167. The number of nitrogen functional groups attached to an aromatic ring is 1. The minimum absolute atomic E-state index is 0.134. The number of benzene rings is 1. The maximum Gasteiger partial charge on any atom is 0.243 e. The topological polar surface area (TPSA) is 72.6 Å². The molecule has 0 aliphatic rings. The lowest BCUT2D eigenvalue weighted by Gasteiger charge is -2.28. The Hall–Kier alpha value is -0.820. The molecule has 0 aliphatic carbocycles. The van der Waals surface area contributed by atoms with Crippen LogP contribution >= 0.6 is 11.6 Å².